The molecular formula is C19H17ClN3O4S2+. The number of carboxylic acid groups (broad SMARTS) is 1. The van der Waals surface area contributed by atoms with Crippen molar-refractivity contribution in [3.63, 3.8) is 0 Å². The van der Waals surface area contributed by atoms with Crippen molar-refractivity contribution in [3.8, 4) is 0 Å². The number of carbonyl (C=O) groups excluding carboxylic acids is 2. The fourth-order valence-electron chi connectivity index (χ4n) is 3.41. The van der Waals surface area contributed by atoms with Crippen molar-refractivity contribution in [1.82, 2.24) is 10.2 Å². The standard InChI is InChI=1S/C19H16ClN3O4S2/c20-12-3-1-5-22(9-12)8-11-10-29-18-15(17(25)23(18)16(11)19(26)27)21-14(24)7-13-4-2-6-28-13/h1-6,9,15,18H,7-8,10H2,(H-,21,24,26,27)/p+1/t15?,18-/m1/s1. The van der Waals surface area contributed by atoms with Crippen LogP contribution in [-0.2, 0) is 27.3 Å². The second-order valence-electron chi connectivity index (χ2n) is 6.66. The molecule has 1 saturated heterocycles. The van der Waals surface area contributed by atoms with E-state index in [-0.39, 0.29) is 18.0 Å². The van der Waals surface area contributed by atoms with E-state index in [2.05, 4.69) is 5.32 Å². The number of nitrogens with zero attached hydrogens (tertiary/aromatic N) is 2. The Hall–Kier alpha value is -2.36. The lowest BCUT2D eigenvalue weighted by atomic mass is 10.0. The van der Waals surface area contributed by atoms with E-state index in [9.17, 15) is 19.5 Å². The van der Waals surface area contributed by atoms with Gasteiger partial charge in [-0.15, -0.1) is 23.1 Å². The third-order valence-electron chi connectivity index (χ3n) is 4.68. The highest BCUT2D eigenvalue weighted by atomic mass is 35.5. The van der Waals surface area contributed by atoms with Crippen LogP contribution in [0, 0.1) is 0 Å². The maximum absolute atomic E-state index is 12.7. The zero-order valence-electron chi connectivity index (χ0n) is 15.1. The maximum atomic E-state index is 12.7. The van der Waals surface area contributed by atoms with Gasteiger partial charge in [-0.05, 0) is 17.5 Å². The molecule has 0 spiro atoms. The van der Waals surface area contributed by atoms with Gasteiger partial charge in [0.2, 0.25) is 5.91 Å². The third kappa shape index (κ3) is 4.03. The molecule has 2 aromatic heterocycles. The van der Waals surface area contributed by atoms with Gasteiger partial charge in [-0.1, -0.05) is 17.7 Å². The largest absolute Gasteiger partial charge is 0.477 e. The first-order valence-corrected chi connectivity index (χ1v) is 11.1. The summed E-state index contributed by atoms with van der Waals surface area (Å²) < 4.78 is 1.78. The van der Waals surface area contributed by atoms with Gasteiger partial charge >= 0.3 is 5.97 Å². The van der Waals surface area contributed by atoms with E-state index in [0.29, 0.717) is 22.9 Å². The minimum Gasteiger partial charge on any atom is -0.477 e. The Balaban J connectivity index is 1.50. The number of hydrogen-bond donors (Lipinski definition) is 2. The summed E-state index contributed by atoms with van der Waals surface area (Å²) >= 11 is 8.93. The van der Waals surface area contributed by atoms with Gasteiger partial charge in [0, 0.05) is 22.3 Å². The van der Waals surface area contributed by atoms with Gasteiger partial charge in [-0.25, -0.2) is 4.79 Å². The zero-order chi connectivity index (χ0) is 20.5. The monoisotopic (exact) mass is 450 g/mol. The number of hydrogen-bond acceptors (Lipinski definition) is 5. The van der Waals surface area contributed by atoms with E-state index in [0.717, 1.165) is 4.88 Å². The van der Waals surface area contributed by atoms with E-state index < -0.39 is 23.3 Å². The Kier molecular flexibility index (Phi) is 5.62. The van der Waals surface area contributed by atoms with Crippen LogP contribution >= 0.6 is 34.7 Å². The fourth-order valence-corrected chi connectivity index (χ4v) is 5.65. The Bertz CT molecular complexity index is 1010. The molecule has 2 aliphatic heterocycles. The number of amides is 2. The molecular weight excluding hydrogens is 434 g/mol. The highest BCUT2D eigenvalue weighted by Crippen LogP contribution is 2.40. The molecule has 29 heavy (non-hydrogen) atoms. The van der Waals surface area contributed by atoms with Crippen LogP contribution in [-0.4, -0.2) is 45.0 Å². The van der Waals surface area contributed by atoms with Crippen LogP contribution in [0.3, 0.4) is 0 Å². The van der Waals surface area contributed by atoms with Gasteiger partial charge in [0.05, 0.1) is 6.42 Å². The van der Waals surface area contributed by atoms with Crippen LogP contribution in [0.25, 0.3) is 0 Å². The van der Waals surface area contributed by atoms with Crippen molar-refractivity contribution < 1.29 is 24.1 Å². The molecule has 1 unspecified atom stereocenters. The maximum Gasteiger partial charge on any atom is 0.352 e. The number of aromatic nitrogens is 1. The zero-order valence-corrected chi connectivity index (χ0v) is 17.5. The molecule has 2 aliphatic rings. The quantitative estimate of drug-likeness (QED) is 0.516. The minimum atomic E-state index is -1.15. The average molecular weight is 451 g/mol. The Morgan fingerprint density at radius 3 is 2.86 bits per heavy atom. The van der Waals surface area contributed by atoms with Crippen molar-refractivity contribution >= 4 is 52.5 Å². The number of pyridine rings is 1. The number of aliphatic carboxylic acids is 1. The number of carbonyl (C=O) groups is 3. The van der Waals surface area contributed by atoms with Crippen molar-refractivity contribution in [3.05, 3.63) is 63.2 Å². The number of thiophene rings is 1. The Morgan fingerprint density at radius 1 is 1.34 bits per heavy atom. The number of rotatable bonds is 6. The molecule has 10 heteroatoms. The molecule has 0 aromatic carbocycles. The number of thioether (sulfide) groups is 1. The first kappa shape index (κ1) is 19.9. The molecule has 4 rings (SSSR count). The summed E-state index contributed by atoms with van der Waals surface area (Å²) in [5.74, 6) is -1.34. The number of β-lactam (4-membered cyclic amide) rings is 1. The summed E-state index contributed by atoms with van der Waals surface area (Å²) in [6.07, 6.45) is 3.70. The van der Waals surface area contributed by atoms with Crippen molar-refractivity contribution in [2.24, 2.45) is 0 Å². The molecule has 4 heterocycles. The lowest BCUT2D eigenvalue weighted by molar-refractivity contribution is -0.689. The van der Waals surface area contributed by atoms with E-state index in [1.807, 2.05) is 17.5 Å². The lowest BCUT2D eigenvalue weighted by Gasteiger charge is -2.49. The molecule has 0 saturated carbocycles. The summed E-state index contributed by atoms with van der Waals surface area (Å²) in [4.78, 5) is 39.0. The van der Waals surface area contributed by atoms with E-state index in [1.54, 1.807) is 29.1 Å². The van der Waals surface area contributed by atoms with Crippen LogP contribution in [0.15, 0.2) is 53.3 Å². The second kappa shape index (κ2) is 8.17. The minimum absolute atomic E-state index is 0.00465. The van der Waals surface area contributed by atoms with E-state index >= 15 is 0 Å². The molecule has 1 fully saturated rings. The number of nitrogens with one attached hydrogen (secondary N) is 1. The summed E-state index contributed by atoms with van der Waals surface area (Å²) in [7, 11) is 0. The summed E-state index contributed by atoms with van der Waals surface area (Å²) in [5, 5.41) is 14.5. The second-order valence-corrected chi connectivity index (χ2v) is 9.24. The first-order chi connectivity index (χ1) is 13.9. The van der Waals surface area contributed by atoms with Crippen molar-refractivity contribution in [2.45, 2.75) is 24.4 Å². The first-order valence-electron chi connectivity index (χ1n) is 8.80. The smallest absolute Gasteiger partial charge is 0.352 e. The highest BCUT2D eigenvalue weighted by Gasteiger charge is 2.54. The highest BCUT2D eigenvalue weighted by molar-refractivity contribution is 8.00. The van der Waals surface area contributed by atoms with E-state index in [4.69, 9.17) is 11.6 Å². The molecule has 7 nitrogen and oxygen atoms in total. The average Bonchev–Trinajstić information content (AvgIpc) is 3.18. The van der Waals surface area contributed by atoms with Gasteiger partial charge in [-0.2, -0.15) is 4.57 Å². The molecule has 2 N–H and O–H groups in total. The molecule has 2 atom stereocenters. The van der Waals surface area contributed by atoms with Gasteiger partial charge in [0.1, 0.15) is 22.1 Å². The summed E-state index contributed by atoms with van der Waals surface area (Å²) in [5.41, 5.74) is 0.623. The normalized spacial score (nSPS) is 20.9. The molecule has 2 aromatic rings. The topological polar surface area (TPSA) is 90.6 Å². The molecule has 0 aliphatic carbocycles. The van der Waals surface area contributed by atoms with E-state index in [1.165, 1.54) is 28.0 Å². The van der Waals surface area contributed by atoms with Gasteiger partial charge in [0.25, 0.3) is 5.91 Å². The molecule has 150 valence electrons. The predicted octanol–water partition coefficient (Wildman–Crippen LogP) is 1.67. The molecule has 0 radical (unpaired) electrons. The van der Waals surface area contributed by atoms with Gasteiger partial charge in [-0.3, -0.25) is 14.5 Å². The van der Waals surface area contributed by atoms with Crippen LogP contribution in [0.2, 0.25) is 5.02 Å². The summed E-state index contributed by atoms with van der Waals surface area (Å²) in [6.45, 7) is 0.321. The van der Waals surface area contributed by atoms with Crippen molar-refractivity contribution in [2.75, 3.05) is 5.75 Å². The van der Waals surface area contributed by atoms with Crippen LogP contribution in [0.4, 0.5) is 0 Å². The molecule has 0 bridgehead atoms. The third-order valence-corrected chi connectivity index (χ3v) is 7.12. The SMILES string of the molecule is O=C(Cc1cccs1)NC1C(=O)N2C(C(=O)O)=C(C[n+]3cccc(Cl)c3)CS[C@H]12. The van der Waals surface area contributed by atoms with Crippen LogP contribution in [0.1, 0.15) is 4.88 Å². The van der Waals surface area contributed by atoms with Gasteiger partial charge in [0.15, 0.2) is 18.9 Å². The fraction of sp³-hybridized carbons (Fsp3) is 0.263. The number of halogens is 1. The number of carboxylic acids is 1. The Labute approximate surface area is 180 Å². The van der Waals surface area contributed by atoms with Crippen LogP contribution in [0.5, 0.6) is 0 Å². The lowest BCUT2D eigenvalue weighted by Crippen LogP contribution is -2.70. The summed E-state index contributed by atoms with van der Waals surface area (Å²) in [6, 6.07) is 6.53. The number of fused-ring (bicyclic) bond motifs is 1. The molecule has 2 amide bonds. The van der Waals surface area contributed by atoms with Gasteiger partial charge < -0.3 is 10.4 Å². The van der Waals surface area contributed by atoms with Crippen molar-refractivity contribution in [1.29, 1.82) is 0 Å². The predicted molar refractivity (Wildman–Crippen MR) is 109 cm³/mol. The Morgan fingerprint density at radius 2 is 2.17 bits per heavy atom. The van der Waals surface area contributed by atoms with Crippen LogP contribution < -0.4 is 9.88 Å².